The van der Waals surface area contributed by atoms with Crippen molar-refractivity contribution in [3.63, 3.8) is 0 Å². The molecule has 2 aromatic heterocycles. The highest BCUT2D eigenvalue weighted by atomic mass is 31.3. The molecule has 192 valence electrons. The van der Waals surface area contributed by atoms with Crippen LogP contribution in [0.2, 0.25) is 0 Å². The first kappa shape index (κ1) is 26.9. The number of phosphoric ester groups is 1. The summed E-state index contributed by atoms with van der Waals surface area (Å²) in [6, 6.07) is 0. The molecule has 8 N–H and O–H groups in total. The molecule has 0 amide bonds. The summed E-state index contributed by atoms with van der Waals surface area (Å²) in [5, 5.41) is 10.2. The predicted octanol–water partition coefficient (Wildman–Crippen LogP) is -1.02. The standard InChI is InChI=1S/C11H16F2N5O13P3/c12-1-11(2-28-33(24,25)31-34(26,27)30-32(21,22)23)6(19)4(13)9(29-11)18-3-15-5-7(18)16-10(14)17-8(5)20/h3-4,6,9,19H,1-2H2,(H,24,25)(H,26,27)(H2,21,22,23)(H3,14,16,17,20)/t4-,6+,9+,11-/m1/s1. The van der Waals surface area contributed by atoms with E-state index in [-0.39, 0.29) is 11.2 Å². The van der Waals surface area contributed by atoms with Gasteiger partial charge in [-0.2, -0.15) is 13.6 Å². The molecule has 0 aliphatic carbocycles. The van der Waals surface area contributed by atoms with Gasteiger partial charge in [-0.1, -0.05) is 0 Å². The largest absolute Gasteiger partial charge is 0.490 e. The number of hydrogen-bond acceptors (Lipinski definition) is 12. The molecule has 1 aliphatic heterocycles. The van der Waals surface area contributed by atoms with Crippen LogP contribution < -0.4 is 11.3 Å². The molecule has 23 heteroatoms. The van der Waals surface area contributed by atoms with Crippen molar-refractivity contribution in [3.8, 4) is 0 Å². The average Bonchev–Trinajstić information content (AvgIpc) is 3.18. The van der Waals surface area contributed by atoms with Gasteiger partial charge in [-0.25, -0.2) is 27.5 Å². The molecule has 2 unspecified atom stereocenters. The number of fused-ring (bicyclic) bond motifs is 1. The molecular formula is C11H16F2N5O13P3. The third-order valence-corrected chi connectivity index (χ3v) is 8.09. The molecule has 1 aliphatic rings. The molecule has 0 bridgehead atoms. The second-order valence-corrected chi connectivity index (χ2v) is 11.2. The molecule has 3 heterocycles. The number of halogens is 2. The summed E-state index contributed by atoms with van der Waals surface area (Å²) in [6.45, 7) is -3.22. The summed E-state index contributed by atoms with van der Waals surface area (Å²) in [5.41, 5.74) is 1.28. The number of imidazole rings is 1. The van der Waals surface area contributed by atoms with Crippen LogP contribution in [0.3, 0.4) is 0 Å². The molecule has 3 rings (SSSR count). The Morgan fingerprint density at radius 3 is 2.47 bits per heavy atom. The first-order valence-electron chi connectivity index (χ1n) is 8.56. The van der Waals surface area contributed by atoms with E-state index in [2.05, 4.69) is 28.1 Å². The summed E-state index contributed by atoms with van der Waals surface area (Å²) in [7, 11) is -17.3. The van der Waals surface area contributed by atoms with Crippen molar-refractivity contribution in [3.05, 3.63) is 16.7 Å². The van der Waals surface area contributed by atoms with Gasteiger partial charge in [-0.05, 0) is 0 Å². The molecule has 2 aromatic rings. The second kappa shape index (κ2) is 9.09. The number of anilines is 1. The third-order valence-electron chi connectivity index (χ3n) is 4.31. The fraction of sp³-hybridized carbons (Fsp3) is 0.545. The number of rotatable bonds is 9. The van der Waals surface area contributed by atoms with E-state index in [1.165, 1.54) is 0 Å². The van der Waals surface area contributed by atoms with Gasteiger partial charge >= 0.3 is 23.5 Å². The van der Waals surface area contributed by atoms with E-state index < -0.39 is 72.4 Å². The summed E-state index contributed by atoms with van der Waals surface area (Å²) in [5.74, 6) is -0.391. The molecule has 0 saturated carbocycles. The number of ether oxygens (including phenoxy) is 1. The number of nitrogens with one attached hydrogen (secondary N) is 1. The van der Waals surface area contributed by atoms with Crippen molar-refractivity contribution < 1.29 is 65.0 Å². The van der Waals surface area contributed by atoms with Gasteiger partial charge in [0.1, 0.15) is 12.8 Å². The van der Waals surface area contributed by atoms with E-state index in [0.29, 0.717) is 0 Å². The van der Waals surface area contributed by atoms with E-state index >= 15 is 0 Å². The van der Waals surface area contributed by atoms with Crippen LogP contribution in [0.1, 0.15) is 6.23 Å². The van der Waals surface area contributed by atoms with Crippen molar-refractivity contribution in [2.45, 2.75) is 24.1 Å². The van der Waals surface area contributed by atoms with Crippen LogP contribution in [0.15, 0.2) is 11.1 Å². The minimum Gasteiger partial charge on any atom is -0.387 e. The Bertz CT molecular complexity index is 1280. The van der Waals surface area contributed by atoms with Crippen LogP contribution in [-0.2, 0) is 31.6 Å². The number of alkyl halides is 2. The zero-order valence-corrected chi connectivity index (χ0v) is 18.9. The number of aliphatic hydroxyl groups is 1. The minimum atomic E-state index is -5.88. The maximum Gasteiger partial charge on any atom is 0.490 e. The molecule has 0 aromatic carbocycles. The Labute approximate surface area is 185 Å². The molecule has 34 heavy (non-hydrogen) atoms. The topological polar surface area (TPSA) is 279 Å². The number of H-pyrrole nitrogens is 1. The van der Waals surface area contributed by atoms with Crippen LogP contribution in [-0.4, -0.2) is 75.4 Å². The monoisotopic (exact) mass is 557 g/mol. The summed E-state index contributed by atoms with van der Waals surface area (Å²) in [6.07, 6.45) is -5.88. The zero-order valence-electron chi connectivity index (χ0n) is 16.2. The average molecular weight is 557 g/mol. The van der Waals surface area contributed by atoms with E-state index in [1.54, 1.807) is 0 Å². The van der Waals surface area contributed by atoms with Crippen LogP contribution in [0.4, 0.5) is 14.7 Å². The van der Waals surface area contributed by atoms with Gasteiger partial charge in [0.25, 0.3) is 5.56 Å². The molecular weight excluding hydrogens is 541 g/mol. The number of aliphatic hydroxyl groups excluding tert-OH is 1. The Morgan fingerprint density at radius 1 is 1.24 bits per heavy atom. The number of phosphoric acid groups is 3. The van der Waals surface area contributed by atoms with E-state index in [1.807, 2.05) is 0 Å². The lowest BCUT2D eigenvalue weighted by Crippen LogP contribution is -2.48. The normalized spacial score (nSPS) is 29.2. The Hall–Kier alpha value is -1.66. The highest BCUT2D eigenvalue weighted by Crippen LogP contribution is 2.66. The van der Waals surface area contributed by atoms with Crippen LogP contribution in [0, 0.1) is 0 Å². The van der Waals surface area contributed by atoms with Crippen molar-refractivity contribution in [1.82, 2.24) is 19.5 Å². The SMILES string of the molecule is Nc1nc2c(ncn2[C@H]2O[C@](CF)(COP(=O)(O)OP(=O)(O)OP(=O)(O)O)[C@@H](O)[C@H]2F)c(=O)[nH]1. The van der Waals surface area contributed by atoms with Crippen molar-refractivity contribution in [2.24, 2.45) is 0 Å². The summed E-state index contributed by atoms with van der Waals surface area (Å²) >= 11 is 0. The number of aromatic nitrogens is 4. The maximum absolute atomic E-state index is 14.9. The van der Waals surface area contributed by atoms with Gasteiger partial charge in [0.05, 0.1) is 12.9 Å². The summed E-state index contributed by atoms with van der Waals surface area (Å²) < 4.78 is 79.9. The number of hydrogen-bond donors (Lipinski definition) is 7. The van der Waals surface area contributed by atoms with Crippen LogP contribution in [0.5, 0.6) is 0 Å². The quantitative estimate of drug-likeness (QED) is 0.182. The molecule has 18 nitrogen and oxygen atoms in total. The van der Waals surface area contributed by atoms with Crippen molar-refractivity contribution >= 4 is 40.6 Å². The Balaban J connectivity index is 1.83. The van der Waals surface area contributed by atoms with Gasteiger partial charge in [0, 0.05) is 0 Å². The van der Waals surface area contributed by atoms with Crippen LogP contribution >= 0.6 is 23.5 Å². The zero-order chi connectivity index (χ0) is 25.7. The number of nitrogens with zero attached hydrogens (tertiary/aromatic N) is 3. The van der Waals surface area contributed by atoms with E-state index in [4.69, 9.17) is 25.2 Å². The smallest absolute Gasteiger partial charge is 0.387 e. The fourth-order valence-corrected chi connectivity index (χ4v) is 6.00. The van der Waals surface area contributed by atoms with Gasteiger partial charge in [-0.3, -0.25) is 18.9 Å². The first-order chi connectivity index (χ1) is 15.5. The molecule has 0 radical (unpaired) electrons. The molecule has 1 fully saturated rings. The highest BCUT2D eigenvalue weighted by Gasteiger charge is 2.58. The second-order valence-electron chi connectivity index (χ2n) is 6.74. The van der Waals surface area contributed by atoms with E-state index in [0.717, 1.165) is 10.9 Å². The minimum absolute atomic E-state index is 0.314. The third kappa shape index (κ3) is 5.59. The maximum atomic E-state index is 14.9. The number of aromatic amines is 1. The lowest BCUT2D eigenvalue weighted by Gasteiger charge is -2.29. The fourth-order valence-electron chi connectivity index (χ4n) is 2.92. The first-order valence-corrected chi connectivity index (χ1v) is 13.1. The number of nitrogens with two attached hydrogens (primary N) is 1. The number of nitrogen functional groups attached to an aromatic ring is 1. The van der Waals surface area contributed by atoms with Crippen molar-refractivity contribution in [1.29, 1.82) is 0 Å². The van der Waals surface area contributed by atoms with Gasteiger partial charge in [0.2, 0.25) is 5.95 Å². The lowest BCUT2D eigenvalue weighted by molar-refractivity contribution is -0.134. The van der Waals surface area contributed by atoms with Crippen LogP contribution in [0.25, 0.3) is 11.2 Å². The Morgan fingerprint density at radius 2 is 1.88 bits per heavy atom. The van der Waals surface area contributed by atoms with Gasteiger partial charge < -0.3 is 35.2 Å². The molecule has 1 saturated heterocycles. The van der Waals surface area contributed by atoms with Crippen molar-refractivity contribution in [2.75, 3.05) is 19.0 Å². The van der Waals surface area contributed by atoms with Gasteiger partial charge in [-0.15, -0.1) is 0 Å². The highest BCUT2D eigenvalue weighted by molar-refractivity contribution is 7.66. The molecule has 6 atom stereocenters. The van der Waals surface area contributed by atoms with E-state index in [9.17, 15) is 37.3 Å². The van der Waals surface area contributed by atoms with Gasteiger partial charge in [0.15, 0.2) is 29.2 Å². The Kier molecular flexibility index (Phi) is 7.20. The lowest BCUT2D eigenvalue weighted by atomic mass is 9.98. The summed E-state index contributed by atoms with van der Waals surface area (Å²) in [4.78, 5) is 57.2. The predicted molar refractivity (Wildman–Crippen MR) is 102 cm³/mol. The molecule has 0 spiro atoms.